The molecule has 0 aromatic rings. The van der Waals surface area contributed by atoms with E-state index in [2.05, 4.69) is 0 Å². The summed E-state index contributed by atoms with van der Waals surface area (Å²) in [4.78, 5) is 0. The average Bonchev–Trinajstić information content (AvgIpc) is 1.72. The van der Waals surface area contributed by atoms with Gasteiger partial charge in [0.1, 0.15) is 0 Å². The van der Waals surface area contributed by atoms with Gasteiger partial charge in [0.25, 0.3) is 0 Å². The van der Waals surface area contributed by atoms with Crippen LogP contribution in [0.5, 0.6) is 0 Å². The Morgan fingerprint density at radius 3 is 1.86 bits per heavy atom. The molecule has 0 N–H and O–H groups in total. The van der Waals surface area contributed by atoms with Crippen LogP contribution in [-0.2, 0) is 9.47 Å². The molecule has 0 spiro atoms. The molecule has 7 heavy (non-hydrogen) atoms. The van der Waals surface area contributed by atoms with Crippen molar-refractivity contribution in [3.05, 3.63) is 0 Å². The van der Waals surface area contributed by atoms with Crippen molar-refractivity contribution in [2.24, 2.45) is 0 Å². The molecule has 0 aromatic carbocycles. The molecule has 0 rings (SSSR count). The molecular weight excluding hydrogens is 155 g/mol. The van der Waals surface area contributed by atoms with Crippen LogP contribution in [0.2, 0.25) is 5.21 Å². The molecule has 0 saturated carbocycles. The Hall–Kier alpha value is 0.478. The fraction of sp³-hybridized carbons (Fsp3) is 1.00. The Kier molecular flexibility index (Phi) is 4.95. The summed E-state index contributed by atoms with van der Waals surface area (Å²) in [6, 6.07) is 0. The summed E-state index contributed by atoms with van der Waals surface area (Å²) < 4.78 is 9.68. The maximum atomic E-state index is 4.84. The Morgan fingerprint density at radius 2 is 1.86 bits per heavy atom. The third-order valence-corrected chi connectivity index (χ3v) is 1.53. The minimum atomic E-state index is 0.0139. The summed E-state index contributed by atoms with van der Waals surface area (Å²) in [6.45, 7) is 0. The Labute approximate surface area is 52.7 Å². The average molecular weight is 166 g/mol. The van der Waals surface area contributed by atoms with Gasteiger partial charge in [0.2, 0.25) is 0 Å². The van der Waals surface area contributed by atoms with E-state index in [1.807, 2.05) is 0 Å². The fourth-order valence-electron chi connectivity index (χ4n) is 0.289. The molecule has 0 amide bonds. The second-order valence-corrected chi connectivity index (χ2v) is 2.13. The summed E-state index contributed by atoms with van der Waals surface area (Å²) in [7, 11) is 3.29. The number of rotatable bonds is 3. The zero-order valence-corrected chi connectivity index (χ0v) is 7.10. The van der Waals surface area contributed by atoms with Gasteiger partial charge in [0.15, 0.2) is 0 Å². The quantitative estimate of drug-likeness (QED) is 0.421. The summed E-state index contributed by atoms with van der Waals surface area (Å²) in [5.74, 6) is 0. The van der Waals surface area contributed by atoms with Crippen molar-refractivity contribution in [3.8, 4) is 0 Å². The molecule has 0 aliphatic carbocycles. The zero-order chi connectivity index (χ0) is 5.70. The van der Waals surface area contributed by atoms with Crippen molar-refractivity contribution in [2.75, 3.05) is 14.2 Å². The van der Waals surface area contributed by atoms with Crippen LogP contribution in [0.4, 0.5) is 0 Å². The van der Waals surface area contributed by atoms with Crippen LogP contribution in [0.25, 0.3) is 0 Å². The first-order valence-corrected chi connectivity index (χ1v) is 3.82. The summed E-state index contributed by atoms with van der Waals surface area (Å²) in [5.41, 5.74) is 0. The van der Waals surface area contributed by atoms with Gasteiger partial charge < -0.3 is 0 Å². The van der Waals surface area contributed by atoms with E-state index in [0.717, 1.165) is 5.21 Å². The van der Waals surface area contributed by atoms with Gasteiger partial charge in [0.05, 0.1) is 0 Å². The first-order chi connectivity index (χ1) is 3.35. The summed E-state index contributed by atoms with van der Waals surface area (Å²) in [6.07, 6.45) is 0.0139. The molecule has 0 aliphatic heterocycles. The van der Waals surface area contributed by atoms with E-state index >= 15 is 0 Å². The van der Waals surface area contributed by atoms with Gasteiger partial charge in [0, 0.05) is 0 Å². The third-order valence-electron chi connectivity index (χ3n) is 0.718. The molecule has 44 valence electrons. The standard InChI is InChI=1S/C4H11AsO2/c1-6-4(3-5)7-2/h4H,3,5H2,1-2H3. The molecule has 1 atom stereocenters. The van der Waals surface area contributed by atoms with Crippen LogP contribution in [0.1, 0.15) is 0 Å². The SMILES string of the molecule is COC(C[AsH2])OC. The predicted octanol–water partition coefficient (Wildman–Crippen LogP) is -0.343. The van der Waals surface area contributed by atoms with Gasteiger partial charge >= 0.3 is 52.0 Å². The van der Waals surface area contributed by atoms with E-state index in [-0.39, 0.29) is 6.29 Å². The van der Waals surface area contributed by atoms with Crippen molar-refractivity contribution in [2.45, 2.75) is 11.5 Å². The van der Waals surface area contributed by atoms with Gasteiger partial charge in [-0.3, -0.25) is 0 Å². The second-order valence-electron chi connectivity index (χ2n) is 1.14. The molecule has 0 saturated heterocycles. The van der Waals surface area contributed by atoms with E-state index in [1.54, 1.807) is 31.1 Å². The number of ether oxygens (including phenoxy) is 2. The van der Waals surface area contributed by atoms with Gasteiger partial charge in [-0.05, 0) is 0 Å². The van der Waals surface area contributed by atoms with Crippen LogP contribution in [0.3, 0.4) is 0 Å². The van der Waals surface area contributed by atoms with Crippen molar-refractivity contribution in [1.82, 2.24) is 0 Å². The molecule has 3 heteroatoms. The number of hydrogen-bond donors (Lipinski definition) is 0. The van der Waals surface area contributed by atoms with E-state index in [9.17, 15) is 0 Å². The van der Waals surface area contributed by atoms with Crippen LogP contribution < -0.4 is 0 Å². The molecule has 0 aromatic heterocycles. The maximum absolute atomic E-state index is 4.84. The normalized spacial score (nSPS) is 10.3. The molecule has 0 radical (unpaired) electrons. The predicted molar refractivity (Wildman–Crippen MR) is 31.2 cm³/mol. The number of methoxy groups -OCH3 is 2. The van der Waals surface area contributed by atoms with Crippen LogP contribution in [0.15, 0.2) is 0 Å². The van der Waals surface area contributed by atoms with Gasteiger partial charge in [-0.15, -0.1) is 0 Å². The third kappa shape index (κ3) is 3.10. The topological polar surface area (TPSA) is 18.5 Å². The van der Waals surface area contributed by atoms with E-state index in [0.29, 0.717) is 0 Å². The Bertz CT molecular complexity index is 31.2. The molecule has 0 bridgehead atoms. The summed E-state index contributed by atoms with van der Waals surface area (Å²) in [5, 5.41) is 0.972. The monoisotopic (exact) mass is 166 g/mol. The first-order valence-electron chi connectivity index (χ1n) is 2.10. The Balaban J connectivity index is 2.99. The first kappa shape index (κ1) is 7.48. The van der Waals surface area contributed by atoms with E-state index in [1.165, 1.54) is 0 Å². The van der Waals surface area contributed by atoms with Crippen LogP contribution in [0, 0.1) is 0 Å². The van der Waals surface area contributed by atoms with Crippen molar-refractivity contribution < 1.29 is 9.47 Å². The fourth-order valence-corrected chi connectivity index (χ4v) is 1.10. The van der Waals surface area contributed by atoms with Gasteiger partial charge in [-0.25, -0.2) is 0 Å². The second kappa shape index (κ2) is 4.63. The van der Waals surface area contributed by atoms with Crippen molar-refractivity contribution in [3.63, 3.8) is 0 Å². The van der Waals surface area contributed by atoms with Gasteiger partial charge in [-0.2, -0.15) is 0 Å². The number of hydrogen-bond acceptors (Lipinski definition) is 2. The molecular formula is C4H11AsO2. The zero-order valence-electron chi connectivity index (χ0n) is 4.68. The Morgan fingerprint density at radius 1 is 1.43 bits per heavy atom. The van der Waals surface area contributed by atoms with Crippen molar-refractivity contribution in [1.29, 1.82) is 0 Å². The summed E-state index contributed by atoms with van der Waals surface area (Å²) >= 11 is 1.62. The molecule has 2 nitrogen and oxygen atoms in total. The molecule has 0 heterocycles. The molecule has 1 unspecified atom stereocenters. The van der Waals surface area contributed by atoms with E-state index in [4.69, 9.17) is 9.47 Å². The van der Waals surface area contributed by atoms with Crippen molar-refractivity contribution >= 4 is 16.9 Å². The molecule has 0 aliphatic rings. The van der Waals surface area contributed by atoms with E-state index < -0.39 is 0 Å². The van der Waals surface area contributed by atoms with Gasteiger partial charge in [-0.1, -0.05) is 0 Å². The van der Waals surface area contributed by atoms with Crippen LogP contribution in [-0.4, -0.2) is 37.4 Å². The molecule has 0 fully saturated rings. The van der Waals surface area contributed by atoms with Crippen LogP contribution >= 0.6 is 0 Å². The minimum absolute atomic E-state index is 0.0139.